The number of nitrogens with two attached hydrogens (primary N) is 1. The fourth-order valence-corrected chi connectivity index (χ4v) is 2.82. The number of benzene rings is 2. The molecule has 3 N–H and O–H groups in total. The SMILES string of the molecule is COc1ccc(-c2nc(C(=O)NCc3ccc(F)cc3F)c(C(C)N)o2)cc1[N+](=O)[O-]. The fraction of sp³-hybridized carbons (Fsp3) is 0.200. The minimum atomic E-state index is -0.806. The number of carbonyl (C=O) groups is 1. The summed E-state index contributed by atoms with van der Waals surface area (Å²) < 4.78 is 37.4. The summed E-state index contributed by atoms with van der Waals surface area (Å²) >= 11 is 0. The normalized spacial score (nSPS) is 11.8. The summed E-state index contributed by atoms with van der Waals surface area (Å²) in [6, 6.07) is 6.33. The summed E-state index contributed by atoms with van der Waals surface area (Å²) in [7, 11) is 1.30. The average molecular weight is 432 g/mol. The van der Waals surface area contributed by atoms with Crippen LogP contribution in [0.15, 0.2) is 40.8 Å². The molecule has 1 aromatic heterocycles. The van der Waals surface area contributed by atoms with Crippen molar-refractivity contribution in [2.24, 2.45) is 5.73 Å². The Hall–Kier alpha value is -3.86. The number of nitrogens with zero attached hydrogens (tertiary/aromatic N) is 2. The van der Waals surface area contributed by atoms with E-state index in [-0.39, 0.29) is 46.5 Å². The van der Waals surface area contributed by atoms with Gasteiger partial charge in [0, 0.05) is 29.8 Å². The molecule has 1 unspecified atom stereocenters. The Balaban J connectivity index is 1.91. The summed E-state index contributed by atoms with van der Waals surface area (Å²) in [6.07, 6.45) is 0. The summed E-state index contributed by atoms with van der Waals surface area (Å²) in [4.78, 5) is 27.4. The number of nitro groups is 1. The Morgan fingerprint density at radius 2 is 2.06 bits per heavy atom. The maximum Gasteiger partial charge on any atom is 0.311 e. The van der Waals surface area contributed by atoms with Crippen LogP contribution in [0.1, 0.15) is 34.8 Å². The minimum Gasteiger partial charge on any atom is -0.490 e. The summed E-state index contributed by atoms with van der Waals surface area (Å²) in [5.74, 6) is -2.21. The molecule has 0 saturated heterocycles. The lowest BCUT2D eigenvalue weighted by atomic mass is 10.2. The van der Waals surface area contributed by atoms with E-state index < -0.39 is 28.5 Å². The number of ether oxygens (including phenoxy) is 1. The average Bonchev–Trinajstić information content (AvgIpc) is 3.18. The van der Waals surface area contributed by atoms with E-state index in [1.165, 1.54) is 31.4 Å². The van der Waals surface area contributed by atoms with E-state index in [2.05, 4.69) is 10.3 Å². The van der Waals surface area contributed by atoms with Crippen LogP contribution >= 0.6 is 0 Å². The van der Waals surface area contributed by atoms with E-state index in [0.29, 0.717) is 6.07 Å². The Labute approximate surface area is 175 Å². The van der Waals surface area contributed by atoms with Gasteiger partial charge in [0.05, 0.1) is 18.1 Å². The summed E-state index contributed by atoms with van der Waals surface area (Å²) in [5.41, 5.74) is 5.73. The first-order valence-corrected chi connectivity index (χ1v) is 9.02. The molecule has 3 aromatic rings. The topological polar surface area (TPSA) is 134 Å². The van der Waals surface area contributed by atoms with Crippen molar-refractivity contribution in [2.45, 2.75) is 19.5 Å². The molecule has 0 bridgehead atoms. The maximum absolute atomic E-state index is 13.8. The zero-order valence-electron chi connectivity index (χ0n) is 16.5. The van der Waals surface area contributed by atoms with Gasteiger partial charge in [-0.05, 0) is 25.1 Å². The van der Waals surface area contributed by atoms with Gasteiger partial charge in [-0.25, -0.2) is 13.8 Å². The van der Waals surface area contributed by atoms with Crippen molar-refractivity contribution in [2.75, 3.05) is 7.11 Å². The van der Waals surface area contributed by atoms with Crippen LogP contribution in [0, 0.1) is 21.7 Å². The number of carbonyl (C=O) groups excluding carboxylic acids is 1. The van der Waals surface area contributed by atoms with Gasteiger partial charge in [0.25, 0.3) is 5.91 Å². The zero-order chi connectivity index (χ0) is 22.7. The first-order valence-electron chi connectivity index (χ1n) is 9.02. The molecule has 0 saturated carbocycles. The second-order valence-corrected chi connectivity index (χ2v) is 6.58. The van der Waals surface area contributed by atoms with Crippen LogP contribution in [0.2, 0.25) is 0 Å². The number of hydrogen-bond donors (Lipinski definition) is 2. The highest BCUT2D eigenvalue weighted by atomic mass is 19.1. The van der Waals surface area contributed by atoms with Crippen molar-refractivity contribution in [1.29, 1.82) is 0 Å². The molecular weight excluding hydrogens is 414 g/mol. The van der Waals surface area contributed by atoms with Gasteiger partial charge in [-0.2, -0.15) is 0 Å². The lowest BCUT2D eigenvalue weighted by molar-refractivity contribution is -0.385. The van der Waals surface area contributed by atoms with Gasteiger partial charge in [-0.15, -0.1) is 0 Å². The van der Waals surface area contributed by atoms with Gasteiger partial charge in [0.1, 0.15) is 11.6 Å². The largest absolute Gasteiger partial charge is 0.490 e. The third-order valence-corrected chi connectivity index (χ3v) is 4.36. The van der Waals surface area contributed by atoms with Crippen molar-refractivity contribution in [3.8, 4) is 17.2 Å². The van der Waals surface area contributed by atoms with E-state index in [1.54, 1.807) is 6.92 Å². The Bertz CT molecular complexity index is 1150. The molecular formula is C20H18F2N4O5. The maximum atomic E-state index is 13.8. The monoisotopic (exact) mass is 432 g/mol. The summed E-state index contributed by atoms with van der Waals surface area (Å²) in [5, 5.41) is 13.7. The number of rotatable bonds is 7. The van der Waals surface area contributed by atoms with Crippen LogP contribution in [-0.2, 0) is 6.54 Å². The minimum absolute atomic E-state index is 0.0468. The Morgan fingerprint density at radius 1 is 1.32 bits per heavy atom. The molecule has 1 heterocycles. The zero-order valence-corrected chi connectivity index (χ0v) is 16.5. The molecule has 1 amide bonds. The lowest BCUT2D eigenvalue weighted by Gasteiger charge is -2.07. The van der Waals surface area contributed by atoms with E-state index >= 15 is 0 Å². The predicted molar refractivity (Wildman–Crippen MR) is 105 cm³/mol. The molecule has 0 fully saturated rings. The van der Waals surface area contributed by atoms with Gasteiger partial charge >= 0.3 is 5.69 Å². The number of oxazole rings is 1. The van der Waals surface area contributed by atoms with Crippen molar-refractivity contribution >= 4 is 11.6 Å². The van der Waals surface area contributed by atoms with E-state index in [9.17, 15) is 23.7 Å². The van der Waals surface area contributed by atoms with Gasteiger partial charge in [-0.3, -0.25) is 14.9 Å². The molecule has 0 spiro atoms. The number of amides is 1. The number of nitro benzene ring substituents is 1. The van der Waals surface area contributed by atoms with Crippen LogP contribution < -0.4 is 15.8 Å². The van der Waals surface area contributed by atoms with Crippen LogP contribution in [0.4, 0.5) is 14.5 Å². The number of halogens is 2. The predicted octanol–water partition coefficient (Wildman–Crippen LogP) is 3.49. The molecule has 0 aliphatic heterocycles. The first-order chi connectivity index (χ1) is 14.7. The molecule has 3 rings (SSSR count). The Morgan fingerprint density at radius 3 is 2.68 bits per heavy atom. The molecule has 31 heavy (non-hydrogen) atoms. The van der Waals surface area contributed by atoms with Gasteiger partial charge < -0.3 is 20.2 Å². The van der Waals surface area contributed by atoms with Gasteiger partial charge in [0.15, 0.2) is 17.2 Å². The number of hydrogen-bond acceptors (Lipinski definition) is 7. The molecule has 0 radical (unpaired) electrons. The van der Waals surface area contributed by atoms with Crippen molar-refractivity contribution < 1.29 is 27.7 Å². The second kappa shape index (κ2) is 8.88. The molecule has 0 aliphatic carbocycles. The van der Waals surface area contributed by atoms with E-state index in [4.69, 9.17) is 14.9 Å². The molecule has 1 atom stereocenters. The Kier molecular flexibility index (Phi) is 6.25. The van der Waals surface area contributed by atoms with Crippen LogP contribution in [-0.4, -0.2) is 22.9 Å². The van der Waals surface area contributed by atoms with Crippen molar-refractivity contribution in [3.05, 3.63) is 75.2 Å². The van der Waals surface area contributed by atoms with Crippen LogP contribution in [0.25, 0.3) is 11.5 Å². The lowest BCUT2D eigenvalue weighted by Crippen LogP contribution is -2.25. The molecule has 11 heteroatoms. The van der Waals surface area contributed by atoms with E-state index in [1.807, 2.05) is 0 Å². The quantitative estimate of drug-likeness (QED) is 0.431. The number of methoxy groups -OCH3 is 1. The second-order valence-electron chi connectivity index (χ2n) is 6.58. The molecule has 162 valence electrons. The standard InChI is InChI=1S/C20H18F2N4O5/c1-10(23)18-17(19(27)24-9-12-3-5-13(21)8-14(12)22)25-20(31-18)11-4-6-16(30-2)15(7-11)26(28)29/h3-8,10H,9,23H2,1-2H3,(H,24,27). The van der Waals surface area contributed by atoms with Crippen molar-refractivity contribution in [3.63, 3.8) is 0 Å². The van der Waals surface area contributed by atoms with Crippen LogP contribution in [0.5, 0.6) is 5.75 Å². The highest BCUT2D eigenvalue weighted by Gasteiger charge is 2.25. The van der Waals surface area contributed by atoms with E-state index in [0.717, 1.165) is 6.07 Å². The molecule has 9 nitrogen and oxygen atoms in total. The highest BCUT2D eigenvalue weighted by Crippen LogP contribution is 2.33. The third-order valence-electron chi connectivity index (χ3n) is 4.36. The molecule has 0 aliphatic rings. The highest BCUT2D eigenvalue weighted by molar-refractivity contribution is 5.94. The first kappa shape index (κ1) is 21.8. The number of nitrogens with one attached hydrogen (secondary N) is 1. The summed E-state index contributed by atoms with van der Waals surface area (Å²) in [6.45, 7) is 1.34. The third kappa shape index (κ3) is 4.67. The smallest absolute Gasteiger partial charge is 0.311 e. The number of aromatic nitrogens is 1. The van der Waals surface area contributed by atoms with Gasteiger partial charge in [0.2, 0.25) is 5.89 Å². The molecule has 2 aromatic carbocycles. The fourth-order valence-electron chi connectivity index (χ4n) is 2.82. The van der Waals surface area contributed by atoms with Crippen molar-refractivity contribution in [1.82, 2.24) is 10.3 Å². The van der Waals surface area contributed by atoms with Gasteiger partial charge in [-0.1, -0.05) is 6.07 Å². The van der Waals surface area contributed by atoms with Crippen LogP contribution in [0.3, 0.4) is 0 Å².